The SMILES string of the molecule is CCCN1CCCCC1.O=CN1CC=C(c2cc3c(Nc4ccc5[nH]ncc5c4)ccnc3[nH]2)CC1. The van der Waals surface area contributed by atoms with Crippen LogP contribution < -0.4 is 5.32 Å². The number of carbonyl (C=O) groups excluding carboxylic acids is 1. The molecule has 188 valence electrons. The van der Waals surface area contributed by atoms with Crippen LogP contribution in [0.2, 0.25) is 0 Å². The monoisotopic (exact) mass is 485 g/mol. The predicted octanol–water partition coefficient (Wildman–Crippen LogP) is 5.31. The van der Waals surface area contributed by atoms with E-state index in [-0.39, 0.29) is 0 Å². The van der Waals surface area contributed by atoms with Crippen LogP contribution in [0.15, 0.2) is 48.8 Å². The average Bonchev–Trinajstić information content (AvgIpc) is 3.57. The van der Waals surface area contributed by atoms with E-state index < -0.39 is 0 Å². The van der Waals surface area contributed by atoms with Gasteiger partial charge in [0.25, 0.3) is 0 Å². The van der Waals surface area contributed by atoms with Crippen molar-refractivity contribution >= 4 is 45.3 Å². The summed E-state index contributed by atoms with van der Waals surface area (Å²) in [5, 5.41) is 12.6. The van der Waals surface area contributed by atoms with Gasteiger partial charge in [-0.15, -0.1) is 0 Å². The van der Waals surface area contributed by atoms with Crippen molar-refractivity contribution in [2.45, 2.75) is 39.0 Å². The molecule has 1 saturated heterocycles. The van der Waals surface area contributed by atoms with Crippen molar-refractivity contribution in [2.75, 3.05) is 38.0 Å². The Balaban J connectivity index is 0.000000252. The van der Waals surface area contributed by atoms with Crippen molar-refractivity contribution in [2.24, 2.45) is 0 Å². The summed E-state index contributed by atoms with van der Waals surface area (Å²) in [6.07, 6.45) is 13.1. The van der Waals surface area contributed by atoms with Crippen molar-refractivity contribution < 1.29 is 4.79 Å². The lowest BCUT2D eigenvalue weighted by Gasteiger charge is -2.25. The Morgan fingerprint density at radius 1 is 1.11 bits per heavy atom. The number of hydrogen-bond donors (Lipinski definition) is 3. The molecule has 1 amide bonds. The zero-order valence-electron chi connectivity index (χ0n) is 21.0. The van der Waals surface area contributed by atoms with E-state index in [0.29, 0.717) is 6.54 Å². The Morgan fingerprint density at radius 2 is 2.00 bits per heavy atom. The number of carbonyl (C=O) groups is 1. The summed E-state index contributed by atoms with van der Waals surface area (Å²) in [6.45, 7) is 7.68. The van der Waals surface area contributed by atoms with Gasteiger partial charge in [-0.05, 0) is 81.2 Å². The summed E-state index contributed by atoms with van der Waals surface area (Å²) >= 11 is 0. The maximum Gasteiger partial charge on any atom is 0.209 e. The van der Waals surface area contributed by atoms with Gasteiger partial charge in [-0.25, -0.2) is 4.98 Å². The van der Waals surface area contributed by atoms with Crippen LogP contribution in [0.25, 0.3) is 27.5 Å². The Kier molecular flexibility index (Phi) is 7.61. The van der Waals surface area contributed by atoms with E-state index in [9.17, 15) is 4.79 Å². The molecule has 3 aromatic heterocycles. The lowest BCUT2D eigenvalue weighted by molar-refractivity contribution is -0.117. The van der Waals surface area contributed by atoms with Gasteiger partial charge in [0.2, 0.25) is 6.41 Å². The van der Waals surface area contributed by atoms with E-state index in [4.69, 9.17) is 0 Å². The Bertz CT molecular complexity index is 1330. The van der Waals surface area contributed by atoms with Crippen LogP contribution in [0, 0.1) is 0 Å². The number of likely N-dealkylation sites (tertiary alicyclic amines) is 1. The Labute approximate surface area is 211 Å². The number of benzene rings is 1. The average molecular weight is 486 g/mol. The van der Waals surface area contributed by atoms with E-state index in [1.54, 1.807) is 11.1 Å². The van der Waals surface area contributed by atoms with E-state index in [2.05, 4.69) is 55.5 Å². The van der Waals surface area contributed by atoms with E-state index >= 15 is 0 Å². The van der Waals surface area contributed by atoms with Crippen LogP contribution >= 0.6 is 0 Å². The molecule has 1 fully saturated rings. The number of H-pyrrole nitrogens is 2. The molecule has 2 aliphatic heterocycles. The molecule has 8 nitrogen and oxygen atoms in total. The highest BCUT2D eigenvalue weighted by Crippen LogP contribution is 2.30. The second kappa shape index (κ2) is 11.4. The molecule has 4 aromatic rings. The third kappa shape index (κ3) is 5.60. The number of fused-ring (bicyclic) bond motifs is 2. The second-order valence-electron chi connectivity index (χ2n) is 9.58. The van der Waals surface area contributed by atoms with Crippen molar-refractivity contribution in [3.05, 3.63) is 54.5 Å². The highest BCUT2D eigenvalue weighted by molar-refractivity contribution is 5.95. The maximum atomic E-state index is 10.9. The van der Waals surface area contributed by atoms with Gasteiger partial charge in [0.15, 0.2) is 0 Å². The van der Waals surface area contributed by atoms with Crippen molar-refractivity contribution in [3.8, 4) is 0 Å². The number of aromatic nitrogens is 4. The predicted molar refractivity (Wildman–Crippen MR) is 146 cm³/mol. The van der Waals surface area contributed by atoms with Gasteiger partial charge in [0, 0.05) is 41.4 Å². The normalized spacial score (nSPS) is 16.5. The number of anilines is 2. The van der Waals surface area contributed by atoms with Gasteiger partial charge in [-0.3, -0.25) is 9.89 Å². The summed E-state index contributed by atoms with van der Waals surface area (Å²) in [6, 6.07) is 10.2. The molecule has 0 aliphatic carbocycles. The van der Waals surface area contributed by atoms with Crippen LogP contribution in [0.3, 0.4) is 0 Å². The molecular weight excluding hydrogens is 450 g/mol. The van der Waals surface area contributed by atoms with Gasteiger partial charge < -0.3 is 20.1 Å². The zero-order valence-corrected chi connectivity index (χ0v) is 21.0. The van der Waals surface area contributed by atoms with Gasteiger partial charge in [0.05, 0.1) is 17.4 Å². The number of rotatable bonds is 6. The van der Waals surface area contributed by atoms with Crippen LogP contribution in [-0.2, 0) is 4.79 Å². The standard InChI is InChI=1S/C20H18N6O.C8H17N/c27-12-26-7-4-13(5-8-26)19-10-16-18(3-6-21-20(16)24-19)23-15-1-2-17-14(9-15)11-22-25-17;1-2-6-9-7-4-3-5-8-9/h1-4,6,9-12H,5,7-8H2,(H,22,25)(H2,21,23,24);2-8H2,1H3. The number of piperidine rings is 1. The first-order valence-corrected chi connectivity index (χ1v) is 13.0. The summed E-state index contributed by atoms with van der Waals surface area (Å²) in [5.74, 6) is 0. The molecule has 8 heteroatoms. The molecule has 2 aliphatic rings. The molecule has 6 rings (SSSR count). The summed E-state index contributed by atoms with van der Waals surface area (Å²) < 4.78 is 0. The van der Waals surface area contributed by atoms with Crippen molar-refractivity contribution in [1.29, 1.82) is 0 Å². The molecule has 0 saturated carbocycles. The molecule has 1 aromatic carbocycles. The number of hydrogen-bond acceptors (Lipinski definition) is 5. The number of nitrogens with one attached hydrogen (secondary N) is 3. The fourth-order valence-electron chi connectivity index (χ4n) is 5.01. The minimum absolute atomic E-state index is 0.650. The fraction of sp³-hybridized carbons (Fsp3) is 0.393. The van der Waals surface area contributed by atoms with Crippen molar-refractivity contribution in [1.82, 2.24) is 30.0 Å². The van der Waals surface area contributed by atoms with Gasteiger partial charge in [-0.1, -0.05) is 19.4 Å². The molecule has 0 bridgehead atoms. The first kappa shape index (κ1) is 24.1. The summed E-state index contributed by atoms with van der Waals surface area (Å²) in [7, 11) is 0. The third-order valence-corrected chi connectivity index (χ3v) is 6.98. The number of pyridine rings is 1. The molecule has 5 heterocycles. The fourth-order valence-corrected chi connectivity index (χ4v) is 5.01. The van der Waals surface area contributed by atoms with E-state index in [1.165, 1.54) is 50.9 Å². The number of amides is 1. The van der Waals surface area contributed by atoms with Gasteiger partial charge >= 0.3 is 0 Å². The van der Waals surface area contributed by atoms with E-state index in [0.717, 1.165) is 58.4 Å². The highest BCUT2D eigenvalue weighted by Gasteiger charge is 2.15. The van der Waals surface area contributed by atoms with Gasteiger partial charge in [0.1, 0.15) is 5.65 Å². The molecule has 0 unspecified atom stereocenters. The Morgan fingerprint density at radius 3 is 2.78 bits per heavy atom. The molecular formula is C28H35N7O. The molecule has 0 spiro atoms. The lowest BCUT2D eigenvalue weighted by atomic mass is 10.1. The quantitative estimate of drug-likeness (QED) is 0.322. The van der Waals surface area contributed by atoms with Crippen molar-refractivity contribution in [3.63, 3.8) is 0 Å². The van der Waals surface area contributed by atoms with Gasteiger partial charge in [-0.2, -0.15) is 5.10 Å². The maximum absolute atomic E-state index is 10.9. The van der Waals surface area contributed by atoms with E-state index in [1.807, 2.05) is 24.4 Å². The largest absolute Gasteiger partial charge is 0.355 e. The van der Waals surface area contributed by atoms with Crippen LogP contribution in [-0.4, -0.2) is 69.1 Å². The first-order valence-electron chi connectivity index (χ1n) is 13.0. The first-order chi connectivity index (χ1) is 17.7. The van der Waals surface area contributed by atoms with Crippen LogP contribution in [0.4, 0.5) is 11.4 Å². The number of aromatic amines is 2. The lowest BCUT2D eigenvalue weighted by Crippen LogP contribution is -2.30. The molecule has 3 N–H and O–H groups in total. The smallest absolute Gasteiger partial charge is 0.209 e. The second-order valence-corrected chi connectivity index (χ2v) is 9.58. The molecule has 0 radical (unpaired) electrons. The summed E-state index contributed by atoms with van der Waals surface area (Å²) in [5.41, 5.74) is 6.13. The Hall–Kier alpha value is -3.65. The highest BCUT2D eigenvalue weighted by atomic mass is 16.1. The summed E-state index contributed by atoms with van der Waals surface area (Å²) in [4.78, 5) is 23.1. The zero-order chi connectivity index (χ0) is 24.7. The third-order valence-electron chi connectivity index (χ3n) is 6.98. The van der Waals surface area contributed by atoms with Crippen LogP contribution in [0.5, 0.6) is 0 Å². The minimum Gasteiger partial charge on any atom is -0.355 e. The minimum atomic E-state index is 0.650. The topological polar surface area (TPSA) is 92.9 Å². The molecule has 0 atom stereocenters. The molecule has 36 heavy (non-hydrogen) atoms. The van der Waals surface area contributed by atoms with Crippen LogP contribution in [0.1, 0.15) is 44.7 Å². The number of nitrogens with zero attached hydrogens (tertiary/aromatic N) is 4.